The zero-order valence-electron chi connectivity index (χ0n) is 11.0. The van der Waals surface area contributed by atoms with Crippen molar-refractivity contribution < 1.29 is 14.7 Å². The quantitative estimate of drug-likeness (QED) is 0.879. The molecule has 20 heavy (non-hydrogen) atoms. The van der Waals surface area contributed by atoms with Crippen molar-refractivity contribution in [2.75, 3.05) is 13.1 Å². The summed E-state index contributed by atoms with van der Waals surface area (Å²) in [5, 5.41) is 9.76. The lowest BCUT2D eigenvalue weighted by Crippen LogP contribution is -2.48. The number of piperidine rings is 1. The van der Waals surface area contributed by atoms with Gasteiger partial charge in [0.25, 0.3) is 5.91 Å². The van der Waals surface area contributed by atoms with Crippen molar-refractivity contribution >= 4 is 39.4 Å². The molecule has 6 heteroatoms. The Morgan fingerprint density at radius 3 is 2.70 bits per heavy atom. The lowest BCUT2D eigenvalue weighted by atomic mass is 9.82. The molecule has 1 aromatic rings. The molecule has 108 valence electrons. The molecule has 0 saturated carbocycles. The van der Waals surface area contributed by atoms with E-state index in [0.29, 0.717) is 30.0 Å². The van der Waals surface area contributed by atoms with E-state index in [1.807, 2.05) is 0 Å². The minimum atomic E-state index is -0.871. The lowest BCUT2D eigenvalue weighted by Gasteiger charge is -2.37. The van der Waals surface area contributed by atoms with E-state index in [4.69, 9.17) is 11.6 Å². The highest BCUT2D eigenvalue weighted by Crippen LogP contribution is 2.31. The Bertz CT molecular complexity index is 543. The van der Waals surface area contributed by atoms with Crippen molar-refractivity contribution in [3.8, 4) is 0 Å². The van der Waals surface area contributed by atoms with Crippen LogP contribution in [0.2, 0.25) is 5.02 Å². The first-order valence-electron chi connectivity index (χ1n) is 6.31. The maximum absolute atomic E-state index is 12.5. The number of carbonyl (C=O) groups is 2. The third-order valence-corrected chi connectivity index (χ3v) is 4.29. The van der Waals surface area contributed by atoms with Crippen LogP contribution in [0.4, 0.5) is 0 Å². The molecule has 1 saturated heterocycles. The van der Waals surface area contributed by atoms with Crippen molar-refractivity contribution in [3.05, 3.63) is 33.3 Å². The summed E-state index contributed by atoms with van der Waals surface area (Å²) >= 11 is 9.25. The van der Waals surface area contributed by atoms with Crippen molar-refractivity contribution in [2.24, 2.45) is 5.41 Å². The average Bonchev–Trinajstić information content (AvgIpc) is 2.36. The van der Waals surface area contributed by atoms with Gasteiger partial charge in [0.05, 0.1) is 5.41 Å². The van der Waals surface area contributed by atoms with Crippen LogP contribution in [0.3, 0.4) is 0 Å². The second kappa shape index (κ2) is 5.74. The van der Waals surface area contributed by atoms with Crippen molar-refractivity contribution in [1.82, 2.24) is 4.90 Å². The van der Waals surface area contributed by atoms with Crippen molar-refractivity contribution in [2.45, 2.75) is 19.8 Å². The second-order valence-corrected chi connectivity index (χ2v) is 6.71. The normalized spacial score (nSPS) is 22.6. The number of carbonyl (C=O) groups excluding carboxylic acids is 1. The number of rotatable bonds is 2. The summed E-state index contributed by atoms with van der Waals surface area (Å²) in [4.78, 5) is 25.4. The minimum absolute atomic E-state index is 0.180. The second-order valence-electron chi connectivity index (χ2n) is 5.35. The van der Waals surface area contributed by atoms with Gasteiger partial charge in [0.15, 0.2) is 0 Å². The third kappa shape index (κ3) is 3.15. The number of hydrogen-bond acceptors (Lipinski definition) is 2. The van der Waals surface area contributed by atoms with Gasteiger partial charge in [0.1, 0.15) is 0 Å². The standard InChI is InChI=1S/C14H15BrClNO3/c1-14(13(19)20)3-2-4-17(8-14)12(18)9-5-10(15)7-11(16)6-9/h5-7H,2-4,8H2,1H3,(H,19,20). The number of carboxylic acid groups (broad SMARTS) is 1. The van der Waals surface area contributed by atoms with E-state index < -0.39 is 11.4 Å². The van der Waals surface area contributed by atoms with Gasteiger partial charge in [-0.15, -0.1) is 0 Å². The first-order chi connectivity index (χ1) is 9.32. The molecule has 0 bridgehead atoms. The molecule has 0 aromatic heterocycles. The van der Waals surface area contributed by atoms with E-state index in [1.54, 1.807) is 30.0 Å². The van der Waals surface area contributed by atoms with E-state index in [2.05, 4.69) is 15.9 Å². The SMILES string of the molecule is CC1(C(=O)O)CCCN(C(=O)c2cc(Cl)cc(Br)c2)C1. The smallest absolute Gasteiger partial charge is 0.311 e. The fourth-order valence-corrected chi connectivity index (χ4v) is 3.31. The molecular formula is C14H15BrClNO3. The average molecular weight is 361 g/mol. The van der Waals surface area contributed by atoms with E-state index >= 15 is 0 Å². The van der Waals surface area contributed by atoms with Gasteiger partial charge >= 0.3 is 5.97 Å². The Hall–Kier alpha value is -1.07. The molecule has 1 fully saturated rings. The number of halogens is 2. The van der Waals surface area contributed by atoms with Gasteiger partial charge in [0.2, 0.25) is 0 Å². The van der Waals surface area contributed by atoms with Crippen LogP contribution in [-0.2, 0) is 4.79 Å². The van der Waals surface area contributed by atoms with Crippen LogP contribution in [-0.4, -0.2) is 35.0 Å². The maximum Gasteiger partial charge on any atom is 0.311 e. The fourth-order valence-electron chi connectivity index (χ4n) is 2.45. The Morgan fingerprint density at radius 1 is 1.40 bits per heavy atom. The molecule has 1 heterocycles. The third-order valence-electron chi connectivity index (χ3n) is 3.61. The van der Waals surface area contributed by atoms with E-state index in [-0.39, 0.29) is 12.5 Å². The number of aliphatic carboxylic acids is 1. The highest BCUT2D eigenvalue weighted by atomic mass is 79.9. The number of benzene rings is 1. The predicted octanol–water partition coefficient (Wildman–Crippen LogP) is 3.43. The van der Waals surface area contributed by atoms with Crippen LogP contribution in [0.1, 0.15) is 30.1 Å². The summed E-state index contributed by atoms with van der Waals surface area (Å²) in [6, 6.07) is 5.00. The summed E-state index contributed by atoms with van der Waals surface area (Å²) in [7, 11) is 0. The highest BCUT2D eigenvalue weighted by Gasteiger charge is 2.39. The van der Waals surface area contributed by atoms with Gasteiger partial charge in [-0.3, -0.25) is 9.59 Å². The predicted molar refractivity (Wildman–Crippen MR) is 80.0 cm³/mol. The van der Waals surface area contributed by atoms with Gasteiger partial charge in [0, 0.05) is 28.1 Å². The number of hydrogen-bond donors (Lipinski definition) is 1. The molecule has 1 aromatic carbocycles. The molecule has 0 radical (unpaired) electrons. The summed E-state index contributed by atoms with van der Waals surface area (Å²) in [5.74, 6) is -1.04. The fraction of sp³-hybridized carbons (Fsp3) is 0.429. The molecule has 1 amide bonds. The van der Waals surface area contributed by atoms with Gasteiger partial charge in [-0.05, 0) is 38.0 Å². The van der Waals surface area contributed by atoms with E-state index in [9.17, 15) is 14.7 Å². The van der Waals surface area contributed by atoms with E-state index in [0.717, 1.165) is 4.47 Å². The summed E-state index contributed by atoms with van der Waals surface area (Å²) in [5.41, 5.74) is -0.400. The lowest BCUT2D eigenvalue weighted by molar-refractivity contribution is -0.150. The molecule has 0 spiro atoms. The molecule has 4 nitrogen and oxygen atoms in total. The summed E-state index contributed by atoms with van der Waals surface area (Å²) in [6.45, 7) is 2.49. The van der Waals surface area contributed by atoms with Crippen LogP contribution >= 0.6 is 27.5 Å². The van der Waals surface area contributed by atoms with Crippen LogP contribution < -0.4 is 0 Å². The molecule has 0 aliphatic carbocycles. The molecule has 1 aliphatic rings. The number of amides is 1. The zero-order chi connectivity index (χ0) is 14.9. The highest BCUT2D eigenvalue weighted by molar-refractivity contribution is 9.10. The topological polar surface area (TPSA) is 57.6 Å². The maximum atomic E-state index is 12.5. The Kier molecular flexibility index (Phi) is 4.39. The van der Waals surface area contributed by atoms with Crippen molar-refractivity contribution in [1.29, 1.82) is 0 Å². The molecule has 1 N–H and O–H groups in total. The van der Waals surface area contributed by atoms with Gasteiger partial charge in [-0.25, -0.2) is 0 Å². The molecule has 1 aliphatic heterocycles. The molecular weight excluding hydrogens is 346 g/mol. The van der Waals surface area contributed by atoms with E-state index in [1.165, 1.54) is 0 Å². The van der Waals surface area contributed by atoms with Crippen LogP contribution in [0.15, 0.2) is 22.7 Å². The molecule has 1 unspecified atom stereocenters. The Balaban J connectivity index is 2.22. The van der Waals surface area contributed by atoms with Crippen LogP contribution in [0.5, 0.6) is 0 Å². The summed E-state index contributed by atoms with van der Waals surface area (Å²) < 4.78 is 0.728. The summed E-state index contributed by atoms with van der Waals surface area (Å²) in [6.07, 6.45) is 1.28. The molecule has 2 rings (SSSR count). The number of carboxylic acids is 1. The largest absolute Gasteiger partial charge is 0.481 e. The van der Waals surface area contributed by atoms with Gasteiger partial charge < -0.3 is 10.0 Å². The van der Waals surface area contributed by atoms with Gasteiger partial charge in [-0.1, -0.05) is 27.5 Å². The van der Waals surface area contributed by atoms with Gasteiger partial charge in [-0.2, -0.15) is 0 Å². The first kappa shape index (κ1) is 15.3. The monoisotopic (exact) mass is 359 g/mol. The number of likely N-dealkylation sites (tertiary alicyclic amines) is 1. The number of nitrogens with zero attached hydrogens (tertiary/aromatic N) is 1. The zero-order valence-corrected chi connectivity index (χ0v) is 13.4. The minimum Gasteiger partial charge on any atom is -0.481 e. The van der Waals surface area contributed by atoms with Crippen LogP contribution in [0, 0.1) is 5.41 Å². The first-order valence-corrected chi connectivity index (χ1v) is 7.48. The Labute approximate surface area is 130 Å². The molecule has 1 atom stereocenters. The van der Waals surface area contributed by atoms with Crippen LogP contribution in [0.25, 0.3) is 0 Å². The van der Waals surface area contributed by atoms with Crippen molar-refractivity contribution in [3.63, 3.8) is 0 Å². The Morgan fingerprint density at radius 2 is 2.10 bits per heavy atom.